The van der Waals surface area contributed by atoms with Crippen molar-refractivity contribution in [2.75, 3.05) is 20.3 Å². The highest BCUT2D eigenvalue weighted by atomic mass is 28.3. The van der Waals surface area contributed by atoms with Gasteiger partial charge in [0, 0.05) is 7.11 Å². The number of methoxy groups -OCH3 is 1. The monoisotopic (exact) mass is 413 g/mol. The van der Waals surface area contributed by atoms with E-state index >= 15 is 0 Å². The van der Waals surface area contributed by atoms with Crippen LogP contribution in [0.3, 0.4) is 0 Å². The molecule has 2 nitrogen and oxygen atoms in total. The molecular weight excluding hydrogens is 360 g/mol. The highest BCUT2D eigenvalue weighted by molar-refractivity contribution is 6.55. The zero-order valence-electron chi connectivity index (χ0n) is 20.3. The van der Waals surface area contributed by atoms with Gasteiger partial charge in [0.05, 0.1) is 13.2 Å². The van der Waals surface area contributed by atoms with Gasteiger partial charge in [-0.05, 0) is 11.1 Å². The summed E-state index contributed by atoms with van der Waals surface area (Å²) in [5.41, 5.74) is 0. The summed E-state index contributed by atoms with van der Waals surface area (Å²) in [6.07, 6.45) is 23.0. The second kappa shape index (κ2) is 20.4. The molecule has 0 saturated heterocycles. The lowest BCUT2D eigenvalue weighted by atomic mass is 10.0. The first kappa shape index (κ1) is 28.1. The van der Waals surface area contributed by atoms with Gasteiger partial charge in [0.15, 0.2) is 0 Å². The molecule has 0 spiro atoms. The van der Waals surface area contributed by atoms with Crippen LogP contribution in [0.25, 0.3) is 0 Å². The molecule has 0 rings (SSSR count). The van der Waals surface area contributed by atoms with E-state index in [-0.39, 0.29) is 0 Å². The molecule has 0 heterocycles. The summed E-state index contributed by atoms with van der Waals surface area (Å²) in [5, 5.41) is 0.327. The highest BCUT2D eigenvalue weighted by Crippen LogP contribution is 2.31. The smallest absolute Gasteiger partial charge is 0.217 e. The fraction of sp³-hybridized carbons (Fsp3) is 1.00. The van der Waals surface area contributed by atoms with Crippen LogP contribution >= 0.6 is 0 Å². The minimum Gasteiger partial charge on any atom is -0.414 e. The average Bonchev–Trinajstić information content (AvgIpc) is 2.65. The lowest BCUT2D eigenvalue weighted by molar-refractivity contribution is 0.142. The Labute approximate surface area is 180 Å². The van der Waals surface area contributed by atoms with Crippen LogP contribution in [0.2, 0.25) is 11.1 Å². The molecule has 0 unspecified atom stereocenters. The molecule has 0 N–H and O–H groups in total. The van der Waals surface area contributed by atoms with E-state index in [4.69, 9.17) is 9.16 Å². The number of hydrogen-bond donors (Lipinski definition) is 0. The van der Waals surface area contributed by atoms with Gasteiger partial charge >= 0.3 is 0 Å². The zero-order valence-corrected chi connectivity index (χ0v) is 21.3. The van der Waals surface area contributed by atoms with E-state index < -0.39 is 9.04 Å². The van der Waals surface area contributed by atoms with Gasteiger partial charge in [-0.2, -0.15) is 0 Å². The Morgan fingerprint density at radius 3 is 1.32 bits per heavy atom. The van der Waals surface area contributed by atoms with Gasteiger partial charge in [-0.1, -0.05) is 130 Å². The van der Waals surface area contributed by atoms with Gasteiger partial charge in [-0.15, -0.1) is 0 Å². The van der Waals surface area contributed by atoms with E-state index in [1.165, 1.54) is 109 Å². The molecule has 0 aliphatic rings. The first-order valence-corrected chi connectivity index (χ1v) is 14.1. The van der Waals surface area contributed by atoms with Gasteiger partial charge in [0.1, 0.15) is 0 Å². The first-order valence-electron chi connectivity index (χ1n) is 12.5. The lowest BCUT2D eigenvalue weighted by Gasteiger charge is -2.28. The predicted octanol–water partition coefficient (Wildman–Crippen LogP) is 8.70. The maximum atomic E-state index is 6.15. The maximum Gasteiger partial charge on any atom is 0.217 e. The molecule has 0 amide bonds. The Kier molecular flexibility index (Phi) is 20.5. The Morgan fingerprint density at radius 2 is 0.964 bits per heavy atom. The van der Waals surface area contributed by atoms with Crippen molar-refractivity contribution in [3.63, 3.8) is 0 Å². The van der Waals surface area contributed by atoms with Crippen LogP contribution < -0.4 is 0 Å². The molecule has 0 aliphatic carbocycles. The summed E-state index contributed by atoms with van der Waals surface area (Å²) < 4.78 is 11.3. The van der Waals surface area contributed by atoms with Crippen LogP contribution in [0.1, 0.15) is 130 Å². The van der Waals surface area contributed by atoms with E-state index in [0.717, 1.165) is 13.2 Å². The molecule has 0 aromatic carbocycles. The van der Waals surface area contributed by atoms with Gasteiger partial charge in [0.2, 0.25) is 9.04 Å². The van der Waals surface area contributed by atoms with Crippen molar-refractivity contribution in [1.29, 1.82) is 0 Å². The van der Waals surface area contributed by atoms with Crippen LogP contribution in [0.5, 0.6) is 0 Å². The van der Waals surface area contributed by atoms with Crippen LogP contribution in [0.15, 0.2) is 0 Å². The van der Waals surface area contributed by atoms with Crippen LogP contribution in [0.4, 0.5) is 0 Å². The second-order valence-corrected chi connectivity index (χ2v) is 12.7. The van der Waals surface area contributed by atoms with E-state index in [9.17, 15) is 0 Å². The molecule has 0 fully saturated rings. The Bertz CT molecular complexity index is 301. The molecular formula is C25H53O2Si. The van der Waals surface area contributed by atoms with Gasteiger partial charge in [-0.25, -0.2) is 0 Å². The largest absolute Gasteiger partial charge is 0.414 e. The van der Waals surface area contributed by atoms with Crippen molar-refractivity contribution < 1.29 is 9.16 Å². The summed E-state index contributed by atoms with van der Waals surface area (Å²) in [4.78, 5) is 0. The highest BCUT2D eigenvalue weighted by Gasteiger charge is 2.28. The Hall–Kier alpha value is 0.137. The van der Waals surface area contributed by atoms with E-state index in [1.54, 1.807) is 7.11 Å². The van der Waals surface area contributed by atoms with Crippen LogP contribution in [0, 0.1) is 0 Å². The summed E-state index contributed by atoms with van der Waals surface area (Å²) in [5.74, 6) is 0. The summed E-state index contributed by atoms with van der Waals surface area (Å²) in [6, 6.07) is 1.29. The molecule has 169 valence electrons. The third-order valence-electron chi connectivity index (χ3n) is 5.66. The fourth-order valence-electron chi connectivity index (χ4n) is 3.75. The predicted molar refractivity (Wildman–Crippen MR) is 128 cm³/mol. The molecule has 28 heavy (non-hydrogen) atoms. The Morgan fingerprint density at radius 1 is 0.571 bits per heavy atom. The van der Waals surface area contributed by atoms with E-state index in [0.29, 0.717) is 5.04 Å². The number of rotatable bonds is 21. The minimum absolute atomic E-state index is 0.327. The third-order valence-corrected chi connectivity index (χ3v) is 8.69. The molecule has 1 radical (unpaired) electrons. The molecule has 0 aromatic rings. The van der Waals surface area contributed by atoms with E-state index in [2.05, 4.69) is 27.7 Å². The SMILES string of the molecule is CCCCCCCCCCCCCCCCCC[Si](OCCOC)C(C)(C)C. The van der Waals surface area contributed by atoms with Crippen molar-refractivity contribution in [3.05, 3.63) is 0 Å². The van der Waals surface area contributed by atoms with E-state index in [1.807, 2.05) is 0 Å². The third kappa shape index (κ3) is 19.5. The summed E-state index contributed by atoms with van der Waals surface area (Å²) in [7, 11) is 1.02. The number of unbranched alkanes of at least 4 members (excludes halogenated alkanes) is 15. The quantitative estimate of drug-likeness (QED) is 0.138. The second-order valence-electron chi connectivity index (χ2n) is 9.57. The normalized spacial score (nSPS) is 12.2. The maximum absolute atomic E-state index is 6.15. The lowest BCUT2D eigenvalue weighted by Crippen LogP contribution is -2.30. The molecule has 0 aromatic heterocycles. The number of hydrogen-bond acceptors (Lipinski definition) is 2. The first-order chi connectivity index (χ1) is 13.5. The van der Waals surface area contributed by atoms with Crippen molar-refractivity contribution >= 4 is 9.04 Å². The van der Waals surface area contributed by atoms with Gasteiger partial charge in [-0.3, -0.25) is 0 Å². The summed E-state index contributed by atoms with van der Waals surface area (Å²) >= 11 is 0. The topological polar surface area (TPSA) is 18.5 Å². The molecule has 0 aliphatic heterocycles. The zero-order chi connectivity index (χ0) is 20.9. The van der Waals surface area contributed by atoms with Crippen molar-refractivity contribution in [3.8, 4) is 0 Å². The van der Waals surface area contributed by atoms with Gasteiger partial charge < -0.3 is 9.16 Å². The molecule has 0 atom stereocenters. The summed E-state index contributed by atoms with van der Waals surface area (Å²) in [6.45, 7) is 10.8. The van der Waals surface area contributed by atoms with Gasteiger partial charge in [0.25, 0.3) is 0 Å². The standard InChI is InChI=1S/C25H53O2Si/c1-6-7-8-9-10-11-12-13-14-15-16-17-18-19-20-21-24-28(25(2,3)4)27-23-22-26-5/h6-24H2,1-5H3. The van der Waals surface area contributed by atoms with Crippen molar-refractivity contribution in [2.45, 2.75) is 142 Å². The van der Waals surface area contributed by atoms with Crippen molar-refractivity contribution in [2.24, 2.45) is 0 Å². The molecule has 0 saturated carbocycles. The van der Waals surface area contributed by atoms with Crippen LogP contribution in [-0.4, -0.2) is 29.4 Å². The minimum atomic E-state index is -0.731. The average molecular weight is 414 g/mol. The molecule has 0 bridgehead atoms. The Balaban J connectivity index is 3.37. The van der Waals surface area contributed by atoms with Crippen LogP contribution in [-0.2, 0) is 9.16 Å². The van der Waals surface area contributed by atoms with Crippen molar-refractivity contribution in [1.82, 2.24) is 0 Å². The fourth-order valence-corrected chi connectivity index (χ4v) is 5.97. The number of ether oxygens (including phenoxy) is 1. The molecule has 3 heteroatoms.